The number of aromatic nitrogens is 2. The van der Waals surface area contributed by atoms with E-state index in [1.807, 2.05) is 12.1 Å². The molecule has 168 valence electrons. The fourth-order valence-corrected chi connectivity index (χ4v) is 3.83. The van der Waals surface area contributed by atoms with Crippen LogP contribution in [0, 0.1) is 10.1 Å². The van der Waals surface area contributed by atoms with E-state index in [9.17, 15) is 10.1 Å². The van der Waals surface area contributed by atoms with Crippen LogP contribution in [0.25, 0.3) is 0 Å². The van der Waals surface area contributed by atoms with Gasteiger partial charge in [-0.15, -0.1) is 0 Å². The molecule has 0 amide bonds. The monoisotopic (exact) mass is 439 g/mol. The van der Waals surface area contributed by atoms with E-state index < -0.39 is 10.6 Å². The van der Waals surface area contributed by atoms with Gasteiger partial charge in [0, 0.05) is 6.54 Å². The molecule has 0 aliphatic carbocycles. The van der Waals surface area contributed by atoms with Crippen molar-refractivity contribution in [1.82, 2.24) is 14.9 Å². The number of likely N-dealkylation sites (tertiary alicyclic amines) is 1. The van der Waals surface area contributed by atoms with Crippen molar-refractivity contribution >= 4 is 29.0 Å². The Bertz CT molecular complexity index is 1070. The molecule has 0 bridgehead atoms. The fraction of sp³-hybridized carbons (Fsp3) is 0.333. The van der Waals surface area contributed by atoms with Gasteiger partial charge in [0.2, 0.25) is 17.6 Å². The summed E-state index contributed by atoms with van der Waals surface area (Å²) in [5.74, 6) is 1.27. The molecule has 32 heavy (non-hydrogen) atoms. The third kappa shape index (κ3) is 4.57. The minimum absolute atomic E-state index is 0.0156. The van der Waals surface area contributed by atoms with E-state index in [0.29, 0.717) is 18.0 Å². The average molecular weight is 439 g/mol. The minimum Gasteiger partial charge on any atom is -0.495 e. The van der Waals surface area contributed by atoms with Crippen molar-refractivity contribution in [3.63, 3.8) is 0 Å². The van der Waals surface area contributed by atoms with E-state index in [4.69, 9.17) is 14.9 Å². The third-order valence-electron chi connectivity index (χ3n) is 5.36. The second-order valence-electron chi connectivity index (χ2n) is 7.37. The number of nitrogens with two attached hydrogens (primary N) is 1. The van der Waals surface area contributed by atoms with Gasteiger partial charge in [0.1, 0.15) is 11.5 Å². The summed E-state index contributed by atoms with van der Waals surface area (Å²) in [7, 11) is 1.52. The van der Waals surface area contributed by atoms with Gasteiger partial charge in [0.15, 0.2) is 0 Å². The van der Waals surface area contributed by atoms with Crippen LogP contribution < -0.4 is 21.1 Å². The van der Waals surface area contributed by atoms with Gasteiger partial charge in [0.05, 0.1) is 30.0 Å². The molecule has 1 aliphatic heterocycles. The molecule has 0 radical (unpaired) electrons. The number of benzene rings is 1. The first-order chi connectivity index (χ1) is 15.6. The summed E-state index contributed by atoms with van der Waals surface area (Å²) >= 11 is 0. The Morgan fingerprint density at radius 1 is 1.25 bits per heavy atom. The van der Waals surface area contributed by atoms with E-state index in [1.165, 1.54) is 7.11 Å². The lowest BCUT2D eigenvalue weighted by Crippen LogP contribution is -2.31. The summed E-state index contributed by atoms with van der Waals surface area (Å²) in [6.07, 6.45) is 3.91. The lowest BCUT2D eigenvalue weighted by Gasteiger charge is -2.26. The molecule has 1 unspecified atom stereocenters. The van der Waals surface area contributed by atoms with Crippen LogP contribution >= 0.6 is 0 Å². The molecular weight excluding hydrogens is 414 g/mol. The van der Waals surface area contributed by atoms with Gasteiger partial charge in [-0.1, -0.05) is 12.1 Å². The normalized spacial score (nSPS) is 14.8. The maximum absolute atomic E-state index is 11.6. The number of anilines is 4. The number of para-hydroxylation sites is 2. The van der Waals surface area contributed by atoms with Crippen molar-refractivity contribution in [3.05, 3.63) is 58.5 Å². The summed E-state index contributed by atoms with van der Waals surface area (Å²) in [5.41, 5.74) is 6.06. The Hall–Kier alpha value is -3.86. The average Bonchev–Trinajstić information content (AvgIpc) is 3.49. The lowest BCUT2D eigenvalue weighted by atomic mass is 10.2. The van der Waals surface area contributed by atoms with E-state index in [0.717, 1.165) is 31.7 Å². The molecule has 11 nitrogen and oxygen atoms in total. The number of furan rings is 1. The molecule has 11 heteroatoms. The van der Waals surface area contributed by atoms with E-state index in [1.54, 1.807) is 30.5 Å². The number of nitrogens with one attached hydrogen (secondary N) is 2. The predicted octanol–water partition coefficient (Wildman–Crippen LogP) is 3.56. The van der Waals surface area contributed by atoms with Crippen LogP contribution in [-0.4, -0.2) is 46.5 Å². The summed E-state index contributed by atoms with van der Waals surface area (Å²) < 4.78 is 11.0. The van der Waals surface area contributed by atoms with Crippen LogP contribution in [0.15, 0.2) is 47.1 Å². The number of hydrogen-bond acceptors (Lipinski definition) is 10. The van der Waals surface area contributed by atoms with Gasteiger partial charge in [0.25, 0.3) is 0 Å². The van der Waals surface area contributed by atoms with Crippen molar-refractivity contribution in [1.29, 1.82) is 0 Å². The zero-order valence-electron chi connectivity index (χ0n) is 17.7. The first-order valence-electron chi connectivity index (χ1n) is 10.3. The SMILES string of the molecule is COc1ccccc1Nc1nc(NCC(c2ccco2)N2CCCC2)nc(N)c1[N+](=O)[O-]. The maximum atomic E-state index is 11.6. The molecule has 1 aromatic carbocycles. The molecule has 3 heterocycles. The Labute approximate surface area is 184 Å². The smallest absolute Gasteiger partial charge is 0.353 e. The third-order valence-corrected chi connectivity index (χ3v) is 5.36. The zero-order chi connectivity index (χ0) is 22.5. The van der Waals surface area contributed by atoms with Crippen LogP contribution in [0.2, 0.25) is 0 Å². The Balaban J connectivity index is 1.61. The molecular formula is C21H25N7O4. The number of rotatable bonds is 9. The Morgan fingerprint density at radius 2 is 2.03 bits per heavy atom. The van der Waals surface area contributed by atoms with Crippen LogP contribution in [0.1, 0.15) is 24.6 Å². The quantitative estimate of drug-likeness (QED) is 0.334. The summed E-state index contributed by atoms with van der Waals surface area (Å²) in [6, 6.07) is 10.8. The first kappa shape index (κ1) is 21.4. The van der Waals surface area contributed by atoms with Crippen molar-refractivity contribution in [3.8, 4) is 5.75 Å². The number of hydrogen-bond donors (Lipinski definition) is 3. The van der Waals surface area contributed by atoms with E-state index in [2.05, 4.69) is 25.5 Å². The Kier molecular flexibility index (Phi) is 6.36. The van der Waals surface area contributed by atoms with Gasteiger partial charge in [-0.3, -0.25) is 15.0 Å². The van der Waals surface area contributed by atoms with Crippen molar-refractivity contribution < 1.29 is 14.1 Å². The van der Waals surface area contributed by atoms with Gasteiger partial charge < -0.3 is 25.5 Å². The molecule has 0 spiro atoms. The molecule has 4 rings (SSSR count). The first-order valence-corrected chi connectivity index (χ1v) is 10.3. The fourth-order valence-electron chi connectivity index (χ4n) is 3.83. The molecule has 1 fully saturated rings. The summed E-state index contributed by atoms with van der Waals surface area (Å²) in [5, 5.41) is 17.8. The van der Waals surface area contributed by atoms with Gasteiger partial charge >= 0.3 is 5.69 Å². The molecule has 1 saturated heterocycles. The molecule has 4 N–H and O–H groups in total. The molecule has 3 aromatic rings. The molecule has 2 aromatic heterocycles. The largest absolute Gasteiger partial charge is 0.495 e. The summed E-state index contributed by atoms with van der Waals surface area (Å²) in [6.45, 7) is 2.40. The number of nitrogen functional groups attached to an aromatic ring is 1. The molecule has 0 saturated carbocycles. The number of nitrogens with zero attached hydrogens (tertiary/aromatic N) is 4. The van der Waals surface area contributed by atoms with E-state index in [-0.39, 0.29) is 23.6 Å². The van der Waals surface area contributed by atoms with E-state index >= 15 is 0 Å². The molecule has 1 atom stereocenters. The highest BCUT2D eigenvalue weighted by atomic mass is 16.6. The number of ether oxygens (including phenoxy) is 1. The van der Waals surface area contributed by atoms with Crippen molar-refractivity contribution in [2.24, 2.45) is 0 Å². The predicted molar refractivity (Wildman–Crippen MR) is 120 cm³/mol. The van der Waals surface area contributed by atoms with Crippen LogP contribution in [-0.2, 0) is 0 Å². The van der Waals surface area contributed by atoms with Gasteiger partial charge in [-0.05, 0) is 50.2 Å². The van der Waals surface area contributed by atoms with Gasteiger partial charge in [-0.2, -0.15) is 9.97 Å². The maximum Gasteiger partial charge on any atom is 0.353 e. The number of methoxy groups -OCH3 is 1. The zero-order valence-corrected chi connectivity index (χ0v) is 17.7. The van der Waals surface area contributed by atoms with Crippen molar-refractivity contribution in [2.45, 2.75) is 18.9 Å². The summed E-state index contributed by atoms with van der Waals surface area (Å²) in [4.78, 5) is 21.8. The number of nitro groups is 1. The van der Waals surface area contributed by atoms with Gasteiger partial charge in [-0.25, -0.2) is 0 Å². The second-order valence-corrected chi connectivity index (χ2v) is 7.37. The highest BCUT2D eigenvalue weighted by Gasteiger charge is 2.27. The molecule has 1 aliphatic rings. The Morgan fingerprint density at radius 3 is 2.72 bits per heavy atom. The van der Waals surface area contributed by atoms with Crippen molar-refractivity contribution in [2.75, 3.05) is 43.1 Å². The highest BCUT2D eigenvalue weighted by molar-refractivity contribution is 5.76. The highest BCUT2D eigenvalue weighted by Crippen LogP contribution is 2.34. The van der Waals surface area contributed by atoms with Crippen LogP contribution in [0.3, 0.4) is 0 Å². The van der Waals surface area contributed by atoms with Crippen LogP contribution in [0.4, 0.5) is 29.0 Å². The second kappa shape index (κ2) is 9.52. The standard InChI is InChI=1S/C21H25N7O4/c1-31-16-8-3-2-7-14(16)24-20-18(28(29)30)19(22)25-21(26-20)23-13-15(17-9-6-12-32-17)27-10-4-5-11-27/h2-3,6-9,12,15H,4-5,10-11,13H2,1H3,(H4,22,23,24,25,26). The topological polar surface area (TPSA) is 145 Å². The minimum atomic E-state index is -0.604. The lowest BCUT2D eigenvalue weighted by molar-refractivity contribution is -0.383. The van der Waals surface area contributed by atoms with Crippen LogP contribution in [0.5, 0.6) is 5.75 Å².